The number of hydrogen-bond donors (Lipinski definition) is 1. The fourth-order valence-electron chi connectivity index (χ4n) is 1.33. The zero-order valence-electron chi connectivity index (χ0n) is 10.7. The Morgan fingerprint density at radius 3 is 2.65 bits per heavy atom. The van der Waals surface area contributed by atoms with Gasteiger partial charge in [0.1, 0.15) is 9.35 Å². The van der Waals surface area contributed by atoms with E-state index in [1.54, 1.807) is 6.20 Å². The van der Waals surface area contributed by atoms with E-state index in [9.17, 15) is 4.55 Å². The monoisotopic (exact) mass is 318 g/mol. The first kappa shape index (κ1) is 15.0. The molecule has 1 N–H and O–H groups in total. The molecule has 1 rings (SSSR count). The minimum atomic E-state index is -1.06. The fourth-order valence-corrected chi connectivity index (χ4v) is 2.62. The van der Waals surface area contributed by atoms with Crippen molar-refractivity contribution in [1.29, 1.82) is 0 Å². The minimum Gasteiger partial charge on any atom is -0.598 e. The van der Waals surface area contributed by atoms with Gasteiger partial charge in [-0.2, -0.15) is 0 Å². The minimum absolute atomic E-state index is 0.0920. The van der Waals surface area contributed by atoms with Gasteiger partial charge in [0, 0.05) is 17.6 Å². The van der Waals surface area contributed by atoms with Crippen molar-refractivity contribution < 1.29 is 4.55 Å². The van der Waals surface area contributed by atoms with Crippen molar-refractivity contribution in [1.82, 2.24) is 9.71 Å². The van der Waals surface area contributed by atoms with E-state index < -0.39 is 11.4 Å². The maximum Gasteiger partial charge on any atom is 0.136 e. The number of hydrogen-bond acceptors (Lipinski definition) is 3. The number of rotatable bonds is 4. The summed E-state index contributed by atoms with van der Waals surface area (Å²) >= 11 is 2.29. The van der Waals surface area contributed by atoms with Crippen molar-refractivity contribution in [2.45, 2.75) is 44.9 Å². The van der Waals surface area contributed by atoms with Crippen LogP contribution in [0.4, 0.5) is 0 Å². The first-order valence-electron chi connectivity index (χ1n) is 5.64. The van der Waals surface area contributed by atoms with Crippen LogP contribution >= 0.6 is 15.9 Å². The van der Waals surface area contributed by atoms with Gasteiger partial charge in [0.25, 0.3) is 0 Å². The van der Waals surface area contributed by atoms with Gasteiger partial charge in [-0.3, -0.25) is 0 Å². The zero-order chi connectivity index (χ0) is 13.1. The van der Waals surface area contributed by atoms with Crippen molar-refractivity contribution in [3.8, 4) is 0 Å². The molecule has 2 atom stereocenters. The number of halogens is 1. The topological polar surface area (TPSA) is 48.0 Å². The highest BCUT2D eigenvalue weighted by molar-refractivity contribution is 9.10. The van der Waals surface area contributed by atoms with Crippen LogP contribution in [-0.4, -0.2) is 14.3 Å². The Morgan fingerprint density at radius 1 is 1.53 bits per heavy atom. The summed E-state index contributed by atoms with van der Waals surface area (Å²) in [4.78, 5) is 4.10. The smallest absolute Gasteiger partial charge is 0.136 e. The molecule has 0 amide bonds. The Labute approximate surface area is 115 Å². The average molecular weight is 319 g/mol. The number of aromatic nitrogens is 1. The normalized spacial score (nSPS) is 15.6. The van der Waals surface area contributed by atoms with Gasteiger partial charge < -0.3 is 4.55 Å². The lowest BCUT2D eigenvalue weighted by Crippen LogP contribution is -2.41. The maximum absolute atomic E-state index is 12.1. The quantitative estimate of drug-likeness (QED) is 0.684. The molecule has 1 heterocycles. The number of nitrogens with one attached hydrogen (secondary N) is 1. The summed E-state index contributed by atoms with van der Waals surface area (Å²) in [5.41, 5.74) is 1.10. The zero-order valence-corrected chi connectivity index (χ0v) is 13.1. The van der Waals surface area contributed by atoms with E-state index in [1.165, 1.54) is 0 Å². The van der Waals surface area contributed by atoms with E-state index in [-0.39, 0.29) is 10.8 Å². The van der Waals surface area contributed by atoms with Crippen LogP contribution in [0.1, 0.15) is 45.7 Å². The van der Waals surface area contributed by atoms with Gasteiger partial charge in [0.2, 0.25) is 0 Å². The average Bonchev–Trinajstić information content (AvgIpc) is 2.24. The van der Waals surface area contributed by atoms with Crippen LogP contribution in [-0.2, 0) is 11.4 Å². The maximum atomic E-state index is 12.1. The third-order valence-corrected chi connectivity index (χ3v) is 4.41. The van der Waals surface area contributed by atoms with Gasteiger partial charge in [0.15, 0.2) is 0 Å². The molecule has 17 heavy (non-hydrogen) atoms. The van der Waals surface area contributed by atoms with Crippen molar-refractivity contribution in [2.24, 2.45) is 0 Å². The predicted molar refractivity (Wildman–Crippen MR) is 76.0 cm³/mol. The first-order valence-corrected chi connectivity index (χ1v) is 7.58. The van der Waals surface area contributed by atoms with Crippen LogP contribution in [0.15, 0.2) is 22.9 Å². The second-order valence-corrected chi connectivity index (χ2v) is 7.68. The molecule has 0 bridgehead atoms. The largest absolute Gasteiger partial charge is 0.598 e. The van der Waals surface area contributed by atoms with Crippen molar-refractivity contribution in [3.05, 3.63) is 28.5 Å². The molecular weight excluding hydrogens is 300 g/mol. The van der Waals surface area contributed by atoms with Crippen LogP contribution in [0.3, 0.4) is 0 Å². The van der Waals surface area contributed by atoms with E-state index in [2.05, 4.69) is 32.6 Å². The Morgan fingerprint density at radius 2 is 2.18 bits per heavy atom. The fraction of sp³-hybridized carbons (Fsp3) is 0.583. The van der Waals surface area contributed by atoms with E-state index in [0.29, 0.717) is 0 Å². The predicted octanol–water partition coefficient (Wildman–Crippen LogP) is 3.35. The van der Waals surface area contributed by atoms with Crippen molar-refractivity contribution in [2.75, 3.05) is 0 Å². The Balaban J connectivity index is 2.79. The second kappa shape index (κ2) is 6.18. The second-order valence-electron chi connectivity index (χ2n) is 4.87. The lowest BCUT2D eigenvalue weighted by molar-refractivity contribution is 0.518. The Bertz CT molecular complexity index is 368. The van der Waals surface area contributed by atoms with Crippen LogP contribution in [0.5, 0.6) is 0 Å². The lowest BCUT2D eigenvalue weighted by Gasteiger charge is -2.27. The standard InChI is InChI=1S/C12H19BrN2OS/c1-5-10(15-17(16)12(2,3)4)9-6-7-14-11(13)8-9/h6-8,10,15H,5H2,1-4H3/t10-,17+/m0/s1. The van der Waals surface area contributed by atoms with Crippen LogP contribution in [0.2, 0.25) is 0 Å². The lowest BCUT2D eigenvalue weighted by atomic mass is 10.1. The van der Waals surface area contributed by atoms with Crippen molar-refractivity contribution in [3.63, 3.8) is 0 Å². The van der Waals surface area contributed by atoms with Gasteiger partial charge in [0.05, 0.1) is 6.04 Å². The highest BCUT2D eigenvalue weighted by atomic mass is 79.9. The first-order chi connectivity index (χ1) is 7.84. The highest BCUT2D eigenvalue weighted by Gasteiger charge is 2.29. The SMILES string of the molecule is CC[C@H](N[S@+]([O-])C(C)(C)C)c1ccnc(Br)c1. The Kier molecular flexibility index (Phi) is 5.44. The van der Waals surface area contributed by atoms with Crippen molar-refractivity contribution >= 4 is 27.3 Å². The summed E-state index contributed by atoms with van der Waals surface area (Å²) in [5, 5.41) is 0. The van der Waals surface area contributed by atoms with E-state index in [4.69, 9.17) is 0 Å². The molecule has 96 valence electrons. The summed E-state index contributed by atoms with van der Waals surface area (Å²) in [7, 11) is 0. The number of pyridine rings is 1. The van der Waals surface area contributed by atoms with Crippen LogP contribution in [0.25, 0.3) is 0 Å². The third kappa shape index (κ3) is 4.58. The molecule has 0 aliphatic rings. The molecule has 0 spiro atoms. The van der Waals surface area contributed by atoms with Crippen LogP contribution < -0.4 is 4.72 Å². The molecule has 0 aliphatic heterocycles. The summed E-state index contributed by atoms with van der Waals surface area (Å²) in [5.74, 6) is 0. The molecule has 0 aromatic carbocycles. The van der Waals surface area contributed by atoms with Gasteiger partial charge in [-0.15, -0.1) is 4.72 Å². The summed E-state index contributed by atoms with van der Waals surface area (Å²) in [6.07, 6.45) is 2.64. The highest BCUT2D eigenvalue weighted by Crippen LogP contribution is 2.23. The molecule has 0 saturated heterocycles. The van der Waals surface area contributed by atoms with E-state index >= 15 is 0 Å². The third-order valence-electron chi connectivity index (χ3n) is 2.37. The van der Waals surface area contributed by atoms with E-state index in [1.807, 2.05) is 32.9 Å². The molecule has 0 aliphatic carbocycles. The summed E-state index contributed by atoms with van der Waals surface area (Å²) in [6, 6.07) is 4.00. The van der Waals surface area contributed by atoms with Crippen LogP contribution in [0, 0.1) is 0 Å². The summed E-state index contributed by atoms with van der Waals surface area (Å²) in [6.45, 7) is 7.97. The molecule has 5 heteroatoms. The van der Waals surface area contributed by atoms with Gasteiger partial charge in [-0.25, -0.2) is 4.98 Å². The molecule has 1 aromatic rings. The van der Waals surface area contributed by atoms with Gasteiger partial charge in [-0.05, 0) is 60.8 Å². The molecule has 0 unspecified atom stereocenters. The molecule has 3 nitrogen and oxygen atoms in total. The number of nitrogens with zero attached hydrogens (tertiary/aromatic N) is 1. The Hall–Kier alpha value is -0.100. The molecular formula is C12H19BrN2OS. The van der Waals surface area contributed by atoms with Gasteiger partial charge >= 0.3 is 0 Å². The molecule has 1 aromatic heterocycles. The van der Waals surface area contributed by atoms with Gasteiger partial charge in [-0.1, -0.05) is 6.92 Å². The molecule has 0 fully saturated rings. The van der Waals surface area contributed by atoms with E-state index in [0.717, 1.165) is 16.6 Å². The summed E-state index contributed by atoms with van der Waals surface area (Å²) < 4.78 is 15.8. The molecule has 0 saturated carbocycles. The molecule has 0 radical (unpaired) electrons.